The first-order valence-corrected chi connectivity index (χ1v) is 3.21. The second-order valence-electron chi connectivity index (χ2n) is 2.34. The minimum Gasteiger partial charge on any atom is -0.506 e. The molecule has 1 aliphatic rings. The summed E-state index contributed by atoms with van der Waals surface area (Å²) in [5.41, 5.74) is 2.10. The van der Waals surface area contributed by atoms with Crippen LogP contribution in [0.25, 0.3) is 6.08 Å². The average molecular weight is 133 g/mol. The van der Waals surface area contributed by atoms with E-state index in [1.165, 1.54) is 6.20 Å². The molecule has 2 heteroatoms. The van der Waals surface area contributed by atoms with Crippen LogP contribution in [0.4, 0.5) is 0 Å². The van der Waals surface area contributed by atoms with Crippen molar-refractivity contribution < 1.29 is 5.11 Å². The van der Waals surface area contributed by atoms with Gasteiger partial charge in [0.15, 0.2) is 0 Å². The molecule has 1 aliphatic carbocycles. The Hall–Kier alpha value is -1.31. The molecule has 0 saturated carbocycles. The highest BCUT2D eigenvalue weighted by molar-refractivity contribution is 5.58. The molecule has 0 saturated heterocycles. The van der Waals surface area contributed by atoms with Crippen LogP contribution in [0.3, 0.4) is 0 Å². The van der Waals surface area contributed by atoms with Crippen molar-refractivity contribution in [1.29, 1.82) is 0 Å². The van der Waals surface area contributed by atoms with Crippen LogP contribution in [-0.2, 0) is 6.42 Å². The second-order valence-corrected chi connectivity index (χ2v) is 2.34. The van der Waals surface area contributed by atoms with Crippen LogP contribution in [0.2, 0.25) is 0 Å². The zero-order valence-electron chi connectivity index (χ0n) is 5.41. The van der Waals surface area contributed by atoms with Crippen molar-refractivity contribution in [2.45, 2.75) is 6.42 Å². The van der Waals surface area contributed by atoms with Crippen LogP contribution in [0.5, 0.6) is 5.75 Å². The number of aromatic nitrogens is 1. The van der Waals surface area contributed by atoms with Crippen LogP contribution in [-0.4, -0.2) is 10.1 Å². The molecule has 0 amide bonds. The summed E-state index contributed by atoms with van der Waals surface area (Å²) in [5, 5.41) is 9.00. The molecule has 0 radical (unpaired) electrons. The first-order chi connectivity index (χ1) is 4.86. The van der Waals surface area contributed by atoms with Crippen LogP contribution < -0.4 is 0 Å². The first-order valence-electron chi connectivity index (χ1n) is 3.21. The Bertz CT molecular complexity index is 291. The van der Waals surface area contributed by atoms with Gasteiger partial charge in [0, 0.05) is 6.42 Å². The Balaban J connectivity index is 2.60. The van der Waals surface area contributed by atoms with E-state index >= 15 is 0 Å². The number of aromatic hydroxyl groups is 1. The smallest absolute Gasteiger partial charge is 0.134 e. The van der Waals surface area contributed by atoms with E-state index in [9.17, 15) is 0 Å². The predicted molar refractivity (Wildman–Crippen MR) is 38.6 cm³/mol. The Kier molecular flexibility index (Phi) is 1.01. The lowest BCUT2D eigenvalue weighted by Crippen LogP contribution is -1.85. The molecule has 0 aliphatic heterocycles. The molecule has 0 fully saturated rings. The molecule has 1 aromatic heterocycles. The summed E-state index contributed by atoms with van der Waals surface area (Å²) in [5.74, 6) is 0.241. The van der Waals surface area contributed by atoms with Gasteiger partial charge in [0.25, 0.3) is 0 Å². The average Bonchev–Trinajstić information content (AvgIpc) is 2.33. The normalized spacial score (nSPS) is 13.6. The molecule has 0 aromatic carbocycles. The fourth-order valence-electron chi connectivity index (χ4n) is 1.11. The van der Waals surface area contributed by atoms with Crippen molar-refractivity contribution >= 4 is 6.08 Å². The predicted octanol–water partition coefficient (Wildman–Crippen LogP) is 1.36. The molecule has 2 nitrogen and oxygen atoms in total. The summed E-state index contributed by atoms with van der Waals surface area (Å²) in [7, 11) is 0. The van der Waals surface area contributed by atoms with Gasteiger partial charge in [-0.15, -0.1) is 0 Å². The SMILES string of the molecule is Oc1cnc2c(c1)C=CC2. The number of allylic oxidation sites excluding steroid dienone is 1. The fourth-order valence-corrected chi connectivity index (χ4v) is 1.11. The number of fused-ring (bicyclic) bond motifs is 1. The third-order valence-corrected chi connectivity index (χ3v) is 1.60. The zero-order chi connectivity index (χ0) is 6.97. The topological polar surface area (TPSA) is 33.1 Å². The molecule has 1 N–H and O–H groups in total. The monoisotopic (exact) mass is 133 g/mol. The summed E-state index contributed by atoms with van der Waals surface area (Å²) in [6.07, 6.45) is 6.39. The number of pyridine rings is 1. The van der Waals surface area contributed by atoms with Crippen molar-refractivity contribution in [2.24, 2.45) is 0 Å². The Labute approximate surface area is 58.8 Å². The Morgan fingerprint density at radius 2 is 2.40 bits per heavy atom. The van der Waals surface area contributed by atoms with Crippen molar-refractivity contribution in [3.8, 4) is 5.75 Å². The number of hydrogen-bond donors (Lipinski definition) is 1. The fraction of sp³-hybridized carbons (Fsp3) is 0.125. The maximum Gasteiger partial charge on any atom is 0.134 e. The summed E-state index contributed by atoms with van der Waals surface area (Å²) < 4.78 is 0. The van der Waals surface area contributed by atoms with Gasteiger partial charge in [-0.25, -0.2) is 0 Å². The summed E-state index contributed by atoms with van der Waals surface area (Å²) in [4.78, 5) is 4.05. The second kappa shape index (κ2) is 1.84. The minimum atomic E-state index is 0.241. The van der Waals surface area contributed by atoms with Gasteiger partial charge in [-0.1, -0.05) is 12.2 Å². The van der Waals surface area contributed by atoms with Gasteiger partial charge in [-0.2, -0.15) is 0 Å². The third-order valence-electron chi connectivity index (χ3n) is 1.60. The highest BCUT2D eigenvalue weighted by Crippen LogP contribution is 2.20. The highest BCUT2D eigenvalue weighted by Gasteiger charge is 2.05. The van der Waals surface area contributed by atoms with Gasteiger partial charge in [0.05, 0.1) is 11.9 Å². The van der Waals surface area contributed by atoms with Crippen molar-refractivity contribution in [2.75, 3.05) is 0 Å². The molecule has 10 heavy (non-hydrogen) atoms. The zero-order valence-corrected chi connectivity index (χ0v) is 5.41. The molecule has 1 heterocycles. The third kappa shape index (κ3) is 0.692. The van der Waals surface area contributed by atoms with Gasteiger partial charge in [0.2, 0.25) is 0 Å². The molecule has 50 valence electrons. The van der Waals surface area contributed by atoms with Crippen molar-refractivity contribution in [1.82, 2.24) is 4.98 Å². The number of hydrogen-bond acceptors (Lipinski definition) is 2. The lowest BCUT2D eigenvalue weighted by atomic mass is 10.2. The number of rotatable bonds is 0. The maximum atomic E-state index is 9.00. The molecule has 0 atom stereocenters. The van der Waals surface area contributed by atoms with Crippen molar-refractivity contribution in [3.63, 3.8) is 0 Å². The molecule has 0 bridgehead atoms. The quantitative estimate of drug-likeness (QED) is 0.579. The lowest BCUT2D eigenvalue weighted by molar-refractivity contribution is 0.472. The van der Waals surface area contributed by atoms with Gasteiger partial charge < -0.3 is 5.11 Å². The summed E-state index contributed by atoms with van der Waals surface area (Å²) in [6, 6.07) is 1.73. The van der Waals surface area contributed by atoms with E-state index in [2.05, 4.69) is 4.98 Å². The largest absolute Gasteiger partial charge is 0.506 e. The van der Waals surface area contributed by atoms with E-state index in [1.807, 2.05) is 12.2 Å². The molecule has 2 rings (SSSR count). The van der Waals surface area contributed by atoms with Crippen LogP contribution in [0.15, 0.2) is 18.3 Å². The highest BCUT2D eigenvalue weighted by atomic mass is 16.3. The number of nitrogens with zero attached hydrogens (tertiary/aromatic N) is 1. The van der Waals surface area contributed by atoms with E-state index < -0.39 is 0 Å². The van der Waals surface area contributed by atoms with Crippen molar-refractivity contribution in [3.05, 3.63) is 29.6 Å². The maximum absolute atomic E-state index is 9.00. The van der Waals surface area contributed by atoms with Crippen LogP contribution >= 0.6 is 0 Å². The summed E-state index contributed by atoms with van der Waals surface area (Å²) >= 11 is 0. The molecular weight excluding hydrogens is 126 g/mol. The standard InChI is InChI=1S/C8H7NO/c10-7-4-6-2-1-3-8(6)9-5-7/h1-2,4-5,10H,3H2. The molecule has 0 unspecified atom stereocenters. The van der Waals surface area contributed by atoms with E-state index in [4.69, 9.17) is 5.11 Å². The van der Waals surface area contributed by atoms with Crippen LogP contribution in [0.1, 0.15) is 11.3 Å². The van der Waals surface area contributed by atoms with E-state index in [0.717, 1.165) is 17.7 Å². The minimum absolute atomic E-state index is 0.241. The summed E-state index contributed by atoms with van der Waals surface area (Å²) in [6.45, 7) is 0. The van der Waals surface area contributed by atoms with E-state index in [0.29, 0.717) is 0 Å². The Morgan fingerprint density at radius 3 is 3.30 bits per heavy atom. The van der Waals surface area contributed by atoms with Gasteiger partial charge >= 0.3 is 0 Å². The van der Waals surface area contributed by atoms with Gasteiger partial charge in [-0.05, 0) is 11.6 Å². The lowest BCUT2D eigenvalue weighted by Gasteiger charge is -1.95. The molecule has 0 spiro atoms. The first kappa shape index (κ1) is 5.47. The molecule has 1 aromatic rings. The van der Waals surface area contributed by atoms with E-state index in [-0.39, 0.29) is 5.75 Å². The van der Waals surface area contributed by atoms with Gasteiger partial charge in [-0.3, -0.25) is 4.98 Å². The van der Waals surface area contributed by atoms with E-state index in [1.54, 1.807) is 6.07 Å². The Morgan fingerprint density at radius 1 is 1.50 bits per heavy atom. The van der Waals surface area contributed by atoms with Crippen LogP contribution in [0, 0.1) is 0 Å². The molecular formula is C8H7NO. The van der Waals surface area contributed by atoms with Gasteiger partial charge in [0.1, 0.15) is 5.75 Å².